The van der Waals surface area contributed by atoms with Gasteiger partial charge in [0.25, 0.3) is 11.5 Å². The lowest BCUT2D eigenvalue weighted by Gasteiger charge is -2.17. The smallest absolute Gasteiger partial charge is 0.340 e. The molecular weight excluding hydrogens is 359 g/mol. The zero-order valence-corrected chi connectivity index (χ0v) is 14.6. The van der Waals surface area contributed by atoms with Gasteiger partial charge in [-0.2, -0.15) is 8.96 Å². The van der Waals surface area contributed by atoms with Gasteiger partial charge in [-0.1, -0.05) is 18.2 Å². The number of benzene rings is 1. The van der Waals surface area contributed by atoms with Crippen LogP contribution in [0.5, 0.6) is 0 Å². The molecule has 0 spiro atoms. The summed E-state index contributed by atoms with van der Waals surface area (Å²) in [7, 11) is 0. The second kappa shape index (κ2) is 7.95. The Hall–Kier alpha value is -2.62. The summed E-state index contributed by atoms with van der Waals surface area (Å²) < 4.78 is 26.0. The van der Waals surface area contributed by atoms with Crippen LogP contribution in [-0.4, -0.2) is 45.6 Å². The van der Waals surface area contributed by atoms with Gasteiger partial charge in [0.15, 0.2) is 0 Å². The fourth-order valence-electron chi connectivity index (χ4n) is 2.91. The minimum Gasteiger partial charge on any atom is -0.390 e. The molecule has 1 saturated heterocycles. The van der Waals surface area contributed by atoms with Crippen molar-refractivity contribution in [2.75, 3.05) is 13.2 Å². The molecule has 3 atom stereocenters. The minimum atomic E-state index is -1.34. The highest BCUT2D eigenvalue weighted by Gasteiger charge is 2.36. The van der Waals surface area contributed by atoms with Gasteiger partial charge >= 0.3 is 5.69 Å². The fourth-order valence-corrected chi connectivity index (χ4v) is 2.91. The molecule has 1 N–H and O–H groups in total. The Bertz CT molecular complexity index is 939. The van der Waals surface area contributed by atoms with Crippen molar-refractivity contribution in [3.63, 3.8) is 0 Å². The third-order valence-corrected chi connectivity index (χ3v) is 4.30. The number of hydrogen-bond donors (Lipinski definition) is 1. The predicted octanol–water partition coefficient (Wildman–Crippen LogP) is 0.522. The third-order valence-electron chi connectivity index (χ3n) is 4.30. The van der Waals surface area contributed by atoms with Crippen LogP contribution in [0.1, 0.15) is 29.9 Å². The van der Waals surface area contributed by atoms with Crippen LogP contribution < -0.4 is 11.2 Å². The molecule has 27 heavy (non-hydrogen) atoms. The highest BCUT2D eigenvalue weighted by Crippen LogP contribution is 2.27. The first kappa shape index (κ1) is 19.2. The lowest BCUT2D eigenvalue weighted by atomic mass is 10.2. The number of aromatic nitrogens is 2. The maximum atomic E-state index is 14.2. The van der Waals surface area contributed by atoms with Crippen LogP contribution in [0.3, 0.4) is 0 Å². The van der Waals surface area contributed by atoms with Crippen LogP contribution in [0, 0.1) is 5.82 Å². The van der Waals surface area contributed by atoms with Crippen molar-refractivity contribution in [3.05, 3.63) is 68.7 Å². The van der Waals surface area contributed by atoms with E-state index in [-0.39, 0.29) is 23.2 Å². The molecule has 0 amide bonds. The fraction of sp³-hybridized carbons (Fsp3) is 0.389. The Morgan fingerprint density at radius 1 is 1.33 bits per heavy atom. The number of rotatable bonds is 5. The average molecular weight is 378 g/mol. The van der Waals surface area contributed by atoms with Gasteiger partial charge in [0.1, 0.15) is 12.3 Å². The normalized spacial score (nSPS) is 22.1. The number of ether oxygens (including phenoxy) is 2. The van der Waals surface area contributed by atoms with E-state index >= 15 is 0 Å². The quantitative estimate of drug-likeness (QED) is 0.814. The summed E-state index contributed by atoms with van der Waals surface area (Å²) in [6.45, 7) is 2.31. The van der Waals surface area contributed by atoms with Crippen LogP contribution in [-0.2, 0) is 9.47 Å². The van der Waals surface area contributed by atoms with Crippen LogP contribution >= 0.6 is 0 Å². The van der Waals surface area contributed by atoms with E-state index in [1.807, 2.05) is 0 Å². The van der Waals surface area contributed by atoms with Crippen LogP contribution in [0.4, 0.5) is 4.39 Å². The van der Waals surface area contributed by atoms with Gasteiger partial charge < -0.3 is 14.6 Å². The first-order chi connectivity index (χ1) is 12.9. The monoisotopic (exact) mass is 378 g/mol. The second-order valence-electron chi connectivity index (χ2n) is 6.07. The molecule has 2 aromatic rings. The molecule has 8 nitrogen and oxygen atoms in total. The van der Waals surface area contributed by atoms with E-state index in [1.165, 1.54) is 12.1 Å². The average Bonchev–Trinajstić information content (AvgIpc) is 3.04. The molecule has 0 aliphatic carbocycles. The number of halogens is 1. The Labute approximate surface area is 153 Å². The summed E-state index contributed by atoms with van der Waals surface area (Å²) in [6, 6.07) is 7.61. The van der Waals surface area contributed by atoms with Crippen LogP contribution in [0.15, 0.2) is 46.1 Å². The predicted molar refractivity (Wildman–Crippen MR) is 92.1 cm³/mol. The van der Waals surface area contributed by atoms with E-state index in [9.17, 15) is 23.9 Å². The standard InChI is InChI=1S/C18H19FN2O6/c1-2-26-10-14-13(22)8-15(27-14)20-9-12(19)17(24)21(18(20)25)16(23)11-6-4-3-5-7-11/h3-7,9,13-15,22H,2,8,10H2,1H3. The zero-order chi connectivity index (χ0) is 19.6. The largest absolute Gasteiger partial charge is 0.390 e. The first-order valence-electron chi connectivity index (χ1n) is 8.48. The van der Waals surface area contributed by atoms with Crippen molar-refractivity contribution in [3.8, 4) is 0 Å². The lowest BCUT2D eigenvalue weighted by Crippen LogP contribution is -2.46. The molecule has 1 aliphatic rings. The van der Waals surface area contributed by atoms with Crippen LogP contribution in [0.25, 0.3) is 0 Å². The molecule has 2 heterocycles. The molecule has 144 valence electrons. The zero-order valence-electron chi connectivity index (χ0n) is 14.6. The molecule has 0 saturated carbocycles. The number of aliphatic hydroxyl groups excluding tert-OH is 1. The Kier molecular flexibility index (Phi) is 5.64. The molecule has 3 unspecified atom stereocenters. The summed E-state index contributed by atoms with van der Waals surface area (Å²) in [5.41, 5.74) is -2.31. The molecule has 1 aromatic carbocycles. The van der Waals surface area contributed by atoms with Crippen molar-refractivity contribution in [2.24, 2.45) is 0 Å². The van der Waals surface area contributed by atoms with Gasteiger partial charge in [-0.15, -0.1) is 0 Å². The number of carbonyl (C=O) groups excluding carboxylic acids is 1. The molecule has 1 aliphatic heterocycles. The van der Waals surface area contributed by atoms with Crippen LogP contribution in [0.2, 0.25) is 0 Å². The van der Waals surface area contributed by atoms with Gasteiger partial charge in [-0.3, -0.25) is 14.2 Å². The SMILES string of the molecule is CCOCC1OC(n2cc(F)c(=O)n(C(=O)c3ccccc3)c2=O)CC1O. The molecule has 9 heteroatoms. The molecule has 3 rings (SSSR count). The Morgan fingerprint density at radius 3 is 2.70 bits per heavy atom. The van der Waals surface area contributed by atoms with Crippen molar-refractivity contribution >= 4 is 5.91 Å². The van der Waals surface area contributed by atoms with Gasteiger partial charge in [0, 0.05) is 18.6 Å². The highest BCUT2D eigenvalue weighted by molar-refractivity contribution is 5.95. The van der Waals surface area contributed by atoms with Crippen molar-refractivity contribution in [2.45, 2.75) is 31.8 Å². The number of nitrogens with zero attached hydrogens (tertiary/aromatic N) is 2. The van der Waals surface area contributed by atoms with Crippen molar-refractivity contribution in [1.29, 1.82) is 0 Å². The van der Waals surface area contributed by atoms with Gasteiger partial charge in [-0.05, 0) is 19.1 Å². The maximum absolute atomic E-state index is 14.2. The molecule has 0 bridgehead atoms. The van der Waals surface area contributed by atoms with E-state index in [1.54, 1.807) is 25.1 Å². The summed E-state index contributed by atoms with van der Waals surface area (Å²) in [6.07, 6.45) is -1.96. The topological polar surface area (TPSA) is 99.8 Å². The molecule has 0 radical (unpaired) electrons. The second-order valence-corrected chi connectivity index (χ2v) is 6.07. The summed E-state index contributed by atoms with van der Waals surface area (Å²) in [5, 5.41) is 10.1. The summed E-state index contributed by atoms with van der Waals surface area (Å²) in [4.78, 5) is 37.4. The number of carbonyl (C=O) groups is 1. The Balaban J connectivity index is 1.99. The Morgan fingerprint density at radius 2 is 2.04 bits per heavy atom. The maximum Gasteiger partial charge on any atom is 0.340 e. The summed E-state index contributed by atoms with van der Waals surface area (Å²) >= 11 is 0. The van der Waals surface area contributed by atoms with Gasteiger partial charge in [-0.25, -0.2) is 4.79 Å². The molecule has 1 aromatic heterocycles. The van der Waals surface area contributed by atoms with E-state index in [0.29, 0.717) is 12.8 Å². The van der Waals surface area contributed by atoms with Crippen molar-refractivity contribution < 1.29 is 23.8 Å². The van der Waals surface area contributed by atoms with E-state index in [2.05, 4.69) is 0 Å². The van der Waals surface area contributed by atoms with Gasteiger partial charge in [0.2, 0.25) is 5.82 Å². The summed E-state index contributed by atoms with van der Waals surface area (Å²) in [5.74, 6) is -2.21. The first-order valence-corrected chi connectivity index (χ1v) is 8.48. The highest BCUT2D eigenvalue weighted by atomic mass is 19.1. The van der Waals surface area contributed by atoms with E-state index in [0.717, 1.165) is 4.57 Å². The van der Waals surface area contributed by atoms with E-state index < -0.39 is 41.4 Å². The number of hydrogen-bond acceptors (Lipinski definition) is 6. The molecular formula is C18H19FN2O6. The van der Waals surface area contributed by atoms with Crippen molar-refractivity contribution in [1.82, 2.24) is 9.13 Å². The third kappa shape index (κ3) is 3.75. The lowest BCUT2D eigenvalue weighted by molar-refractivity contribution is -0.0621. The van der Waals surface area contributed by atoms with Gasteiger partial charge in [0.05, 0.1) is 18.9 Å². The minimum absolute atomic E-state index is 0.00514. The number of aliphatic hydroxyl groups is 1. The molecule has 1 fully saturated rings. The van der Waals surface area contributed by atoms with E-state index in [4.69, 9.17) is 9.47 Å².